The van der Waals surface area contributed by atoms with Gasteiger partial charge in [0.2, 0.25) is 5.91 Å². The van der Waals surface area contributed by atoms with Gasteiger partial charge in [-0.05, 0) is 25.2 Å². The maximum atomic E-state index is 12.3. The van der Waals surface area contributed by atoms with Crippen molar-refractivity contribution < 1.29 is 9.59 Å². The molecule has 0 spiro atoms. The number of carbonyl (C=O) groups is 2. The zero-order valence-corrected chi connectivity index (χ0v) is 15.3. The van der Waals surface area contributed by atoms with Gasteiger partial charge in [0.1, 0.15) is 6.54 Å². The molecule has 1 aromatic heterocycles. The molecule has 1 aromatic rings. The Morgan fingerprint density at radius 3 is 2.58 bits per heavy atom. The summed E-state index contributed by atoms with van der Waals surface area (Å²) in [4.78, 5) is 24.3. The van der Waals surface area contributed by atoms with Crippen molar-refractivity contribution in [3.8, 4) is 0 Å². The third kappa shape index (κ3) is 5.35. The number of carbonyl (C=O) groups excluding carboxylic acids is 2. The number of amides is 2. The van der Waals surface area contributed by atoms with E-state index in [0.29, 0.717) is 5.56 Å². The highest BCUT2D eigenvalue weighted by atomic mass is 16.2. The first-order valence-corrected chi connectivity index (χ1v) is 8.88. The third-order valence-corrected chi connectivity index (χ3v) is 4.82. The normalized spacial score (nSPS) is 17.3. The van der Waals surface area contributed by atoms with Gasteiger partial charge in [0, 0.05) is 18.3 Å². The van der Waals surface area contributed by atoms with Crippen LogP contribution in [0.15, 0.2) is 12.4 Å². The van der Waals surface area contributed by atoms with E-state index >= 15 is 0 Å². The van der Waals surface area contributed by atoms with Crippen molar-refractivity contribution in [2.24, 2.45) is 5.41 Å². The van der Waals surface area contributed by atoms with E-state index in [1.807, 2.05) is 6.92 Å². The highest BCUT2D eigenvalue weighted by Gasteiger charge is 2.23. The fraction of sp³-hybridized carbons (Fsp3) is 0.722. The minimum atomic E-state index is -0.156. The molecule has 0 aliphatic heterocycles. The topological polar surface area (TPSA) is 76.0 Å². The van der Waals surface area contributed by atoms with Crippen molar-refractivity contribution in [3.05, 3.63) is 18.0 Å². The van der Waals surface area contributed by atoms with E-state index in [4.69, 9.17) is 0 Å². The first-order valence-electron chi connectivity index (χ1n) is 8.88. The predicted molar refractivity (Wildman–Crippen MR) is 93.6 cm³/mol. The number of hydrogen-bond donors (Lipinski definition) is 2. The van der Waals surface area contributed by atoms with E-state index < -0.39 is 0 Å². The Kier molecular flexibility index (Phi) is 6.02. The van der Waals surface area contributed by atoms with Crippen LogP contribution in [0.5, 0.6) is 0 Å². The zero-order valence-electron chi connectivity index (χ0n) is 15.3. The van der Waals surface area contributed by atoms with Crippen LogP contribution in [0, 0.1) is 5.41 Å². The van der Waals surface area contributed by atoms with Crippen LogP contribution >= 0.6 is 0 Å². The van der Waals surface area contributed by atoms with Gasteiger partial charge in [-0.3, -0.25) is 14.3 Å². The van der Waals surface area contributed by atoms with Gasteiger partial charge in [0.05, 0.1) is 11.8 Å². The second kappa shape index (κ2) is 7.81. The molecular weight excluding hydrogens is 304 g/mol. The summed E-state index contributed by atoms with van der Waals surface area (Å²) < 4.78 is 1.52. The van der Waals surface area contributed by atoms with Gasteiger partial charge in [-0.25, -0.2) is 0 Å². The van der Waals surface area contributed by atoms with Gasteiger partial charge in [-0.15, -0.1) is 0 Å². The molecule has 134 valence electrons. The van der Waals surface area contributed by atoms with Crippen molar-refractivity contribution in [3.63, 3.8) is 0 Å². The monoisotopic (exact) mass is 334 g/mol. The van der Waals surface area contributed by atoms with E-state index in [9.17, 15) is 9.59 Å². The van der Waals surface area contributed by atoms with Crippen LogP contribution in [0.2, 0.25) is 0 Å². The maximum absolute atomic E-state index is 12.3. The minimum absolute atomic E-state index is 0.00840. The molecule has 0 aromatic carbocycles. The predicted octanol–water partition coefficient (Wildman–Crippen LogP) is 2.50. The smallest absolute Gasteiger partial charge is 0.254 e. The molecule has 1 aliphatic rings. The molecule has 2 amide bonds. The van der Waals surface area contributed by atoms with Gasteiger partial charge in [0.15, 0.2) is 0 Å². The van der Waals surface area contributed by atoms with Gasteiger partial charge >= 0.3 is 0 Å². The summed E-state index contributed by atoms with van der Waals surface area (Å²) >= 11 is 0. The van der Waals surface area contributed by atoms with E-state index in [2.05, 4.69) is 36.5 Å². The second-order valence-corrected chi connectivity index (χ2v) is 7.89. The number of nitrogens with zero attached hydrogens (tertiary/aromatic N) is 2. The average molecular weight is 334 g/mol. The van der Waals surface area contributed by atoms with Gasteiger partial charge in [-0.1, -0.05) is 40.0 Å². The van der Waals surface area contributed by atoms with Gasteiger partial charge < -0.3 is 10.6 Å². The Morgan fingerprint density at radius 2 is 1.96 bits per heavy atom. The van der Waals surface area contributed by atoms with Gasteiger partial charge in [-0.2, -0.15) is 5.10 Å². The minimum Gasteiger partial charge on any atom is -0.352 e. The molecule has 24 heavy (non-hydrogen) atoms. The Morgan fingerprint density at radius 1 is 1.29 bits per heavy atom. The Labute approximate surface area is 144 Å². The second-order valence-electron chi connectivity index (χ2n) is 7.89. The van der Waals surface area contributed by atoms with E-state index in [1.165, 1.54) is 30.1 Å². The van der Waals surface area contributed by atoms with Crippen molar-refractivity contribution in [2.75, 3.05) is 0 Å². The van der Waals surface area contributed by atoms with E-state index in [1.54, 1.807) is 6.20 Å². The van der Waals surface area contributed by atoms with Crippen molar-refractivity contribution in [1.29, 1.82) is 0 Å². The van der Waals surface area contributed by atoms with Crippen LogP contribution in [-0.4, -0.2) is 33.7 Å². The fourth-order valence-corrected chi connectivity index (χ4v) is 2.73. The zero-order chi connectivity index (χ0) is 17.7. The average Bonchev–Trinajstić information content (AvgIpc) is 2.95. The van der Waals surface area contributed by atoms with Crippen LogP contribution < -0.4 is 10.6 Å². The van der Waals surface area contributed by atoms with Crippen LogP contribution in [0.25, 0.3) is 0 Å². The summed E-state index contributed by atoms with van der Waals surface area (Å²) in [5.74, 6) is -0.198. The molecule has 1 atom stereocenters. The summed E-state index contributed by atoms with van der Waals surface area (Å²) in [5.41, 5.74) is 0.475. The SMILES string of the molecule is C[C@@H](NC(=O)c1cnn(CC(=O)NC2CCCCC2)c1)C(C)(C)C. The molecule has 2 N–H and O–H groups in total. The molecule has 0 bridgehead atoms. The molecule has 1 saturated carbocycles. The number of rotatable bonds is 5. The molecule has 6 nitrogen and oxygen atoms in total. The lowest BCUT2D eigenvalue weighted by Gasteiger charge is -2.27. The summed E-state index contributed by atoms with van der Waals surface area (Å²) in [6.07, 6.45) is 8.89. The molecule has 2 rings (SSSR count). The highest BCUT2D eigenvalue weighted by molar-refractivity contribution is 5.94. The fourth-order valence-electron chi connectivity index (χ4n) is 2.73. The molecule has 0 radical (unpaired) electrons. The van der Waals surface area contributed by atoms with Crippen molar-refractivity contribution >= 4 is 11.8 Å². The van der Waals surface area contributed by atoms with E-state index in [0.717, 1.165) is 12.8 Å². The molecule has 1 heterocycles. The lowest BCUT2D eigenvalue weighted by Crippen LogP contribution is -2.41. The van der Waals surface area contributed by atoms with Crippen LogP contribution in [0.3, 0.4) is 0 Å². The number of aromatic nitrogens is 2. The molecule has 6 heteroatoms. The largest absolute Gasteiger partial charge is 0.352 e. The lowest BCUT2D eigenvalue weighted by atomic mass is 9.88. The lowest BCUT2D eigenvalue weighted by molar-refractivity contribution is -0.122. The van der Waals surface area contributed by atoms with E-state index in [-0.39, 0.29) is 35.9 Å². The summed E-state index contributed by atoms with van der Waals surface area (Å²) in [6.45, 7) is 8.38. The molecule has 0 saturated heterocycles. The van der Waals surface area contributed by atoms with Crippen molar-refractivity contribution in [2.45, 2.75) is 78.4 Å². The van der Waals surface area contributed by atoms with Crippen molar-refractivity contribution in [1.82, 2.24) is 20.4 Å². The molecule has 1 fully saturated rings. The van der Waals surface area contributed by atoms with Crippen LogP contribution in [0.4, 0.5) is 0 Å². The Balaban J connectivity index is 1.85. The molecular formula is C18H30N4O2. The quantitative estimate of drug-likeness (QED) is 0.868. The number of nitrogens with one attached hydrogen (secondary N) is 2. The van der Waals surface area contributed by atoms with Gasteiger partial charge in [0.25, 0.3) is 5.91 Å². The standard InChI is InChI=1S/C18H30N4O2/c1-13(18(2,3)4)20-17(24)14-10-19-22(11-14)12-16(23)21-15-8-6-5-7-9-15/h10-11,13,15H,5-9,12H2,1-4H3,(H,20,24)(H,21,23)/t13-/m1/s1. The third-order valence-electron chi connectivity index (χ3n) is 4.82. The summed E-state index contributed by atoms with van der Waals surface area (Å²) in [7, 11) is 0. The number of hydrogen-bond acceptors (Lipinski definition) is 3. The van der Waals surface area contributed by atoms with Crippen LogP contribution in [-0.2, 0) is 11.3 Å². The molecule has 0 unspecified atom stereocenters. The first-order chi connectivity index (χ1) is 11.3. The highest BCUT2D eigenvalue weighted by Crippen LogP contribution is 2.19. The molecule has 1 aliphatic carbocycles. The summed E-state index contributed by atoms with van der Waals surface area (Å²) in [5, 5.41) is 10.2. The Hall–Kier alpha value is -1.85. The maximum Gasteiger partial charge on any atom is 0.254 e. The van der Waals surface area contributed by atoms with Crippen LogP contribution in [0.1, 0.15) is 70.2 Å². The Bertz CT molecular complexity index is 568. The first kappa shape index (κ1) is 18.5. The summed E-state index contributed by atoms with van der Waals surface area (Å²) in [6, 6.07) is 0.333.